The van der Waals surface area contributed by atoms with Gasteiger partial charge in [0.25, 0.3) is 0 Å². The fraction of sp³-hybridized carbons (Fsp3) is 0.240. The number of benzene rings is 1. The number of rotatable bonds is 6. The highest BCUT2D eigenvalue weighted by atomic mass is 32.2. The number of hydrogen-bond donors (Lipinski definition) is 0. The minimum Gasteiger partial charge on any atom is -0.275 e. The Morgan fingerprint density at radius 3 is 2.48 bits per heavy atom. The van der Waals surface area contributed by atoms with Crippen LogP contribution in [0.2, 0.25) is 0 Å². The van der Waals surface area contributed by atoms with Crippen LogP contribution in [0.4, 0.5) is 0 Å². The molecular weight excluding hydrogens is 430 g/mol. The summed E-state index contributed by atoms with van der Waals surface area (Å²) in [6, 6.07) is 8.57. The van der Waals surface area contributed by atoms with E-state index in [-0.39, 0.29) is 10.7 Å². The van der Waals surface area contributed by atoms with Crippen LogP contribution in [-0.4, -0.2) is 52.8 Å². The molecule has 5 rings (SSSR count). The molecule has 0 aliphatic carbocycles. The maximum atomic E-state index is 4.65. The fourth-order valence-corrected chi connectivity index (χ4v) is 5.11. The van der Waals surface area contributed by atoms with Gasteiger partial charge in [0.15, 0.2) is 5.82 Å². The summed E-state index contributed by atoms with van der Waals surface area (Å²) in [7, 11) is 1.78. The zero-order valence-electron chi connectivity index (χ0n) is 18.7. The molecule has 33 heavy (non-hydrogen) atoms. The maximum Gasteiger partial charge on any atom is 0.159 e. The van der Waals surface area contributed by atoms with Gasteiger partial charge in [-0.1, -0.05) is 30.6 Å². The second kappa shape index (κ2) is 9.25. The minimum atomic E-state index is -0.139. The monoisotopic (exact) mass is 457 g/mol. The van der Waals surface area contributed by atoms with E-state index in [9.17, 15) is 0 Å². The van der Waals surface area contributed by atoms with Gasteiger partial charge >= 0.3 is 0 Å². The van der Waals surface area contributed by atoms with E-state index in [1.165, 1.54) is 0 Å². The van der Waals surface area contributed by atoms with Gasteiger partial charge in [0.2, 0.25) is 0 Å². The SMILES string of the molecule is C=CS(=C)N1CCCC(n2cc(-c3cnc(-c4cccc(-c5cnn(C)c5)c4)nc3)cn2)C1. The normalized spacial score (nSPS) is 17.7. The fourth-order valence-electron chi connectivity index (χ4n) is 4.18. The molecule has 0 amide bonds. The molecule has 168 valence electrons. The molecule has 1 aromatic carbocycles. The van der Waals surface area contributed by atoms with Crippen molar-refractivity contribution in [2.24, 2.45) is 7.05 Å². The second-order valence-corrected chi connectivity index (χ2v) is 9.89. The molecule has 1 aliphatic rings. The molecule has 0 N–H and O–H groups in total. The Morgan fingerprint density at radius 1 is 0.970 bits per heavy atom. The molecule has 0 radical (unpaired) electrons. The highest BCUT2D eigenvalue weighted by Gasteiger charge is 2.22. The van der Waals surface area contributed by atoms with Crippen molar-refractivity contribution in [3.63, 3.8) is 0 Å². The summed E-state index contributed by atoms with van der Waals surface area (Å²) in [4.78, 5) is 9.28. The van der Waals surface area contributed by atoms with Crippen molar-refractivity contribution in [1.29, 1.82) is 0 Å². The minimum absolute atomic E-state index is 0.139. The molecule has 4 aromatic rings. The van der Waals surface area contributed by atoms with Crippen LogP contribution >= 0.6 is 10.7 Å². The largest absolute Gasteiger partial charge is 0.275 e. The quantitative estimate of drug-likeness (QED) is 0.389. The van der Waals surface area contributed by atoms with Gasteiger partial charge in [-0.15, -0.1) is 10.7 Å². The molecule has 8 heteroatoms. The van der Waals surface area contributed by atoms with Crippen LogP contribution in [0, 0.1) is 0 Å². The Kier molecular flexibility index (Phi) is 6.02. The summed E-state index contributed by atoms with van der Waals surface area (Å²) in [5.74, 6) is 4.90. The Bertz CT molecular complexity index is 1290. The lowest BCUT2D eigenvalue weighted by atomic mass is 10.1. The van der Waals surface area contributed by atoms with Crippen molar-refractivity contribution in [3.05, 3.63) is 73.4 Å². The molecule has 4 heterocycles. The summed E-state index contributed by atoms with van der Waals surface area (Å²) in [6.07, 6.45) is 13.9. The van der Waals surface area contributed by atoms with Gasteiger partial charge in [-0.3, -0.25) is 13.7 Å². The van der Waals surface area contributed by atoms with Gasteiger partial charge in [-0.25, -0.2) is 9.97 Å². The maximum absolute atomic E-state index is 4.65. The Balaban J connectivity index is 1.33. The smallest absolute Gasteiger partial charge is 0.159 e. The Hall–Kier alpha value is -3.36. The average Bonchev–Trinajstić information content (AvgIpc) is 3.53. The third kappa shape index (κ3) is 4.58. The summed E-state index contributed by atoms with van der Waals surface area (Å²) in [5.41, 5.74) is 5.14. The first kappa shape index (κ1) is 21.5. The summed E-state index contributed by atoms with van der Waals surface area (Å²) in [6.45, 7) is 5.91. The number of hydrogen-bond acceptors (Lipinski definition) is 5. The van der Waals surface area contributed by atoms with Crippen molar-refractivity contribution in [2.45, 2.75) is 18.9 Å². The second-order valence-electron chi connectivity index (χ2n) is 8.24. The van der Waals surface area contributed by atoms with Crippen LogP contribution in [0.3, 0.4) is 0 Å². The number of piperidine rings is 1. The highest BCUT2D eigenvalue weighted by molar-refractivity contribution is 8.14. The van der Waals surface area contributed by atoms with E-state index in [1.807, 2.05) is 55.6 Å². The predicted molar refractivity (Wildman–Crippen MR) is 136 cm³/mol. The van der Waals surface area contributed by atoms with Gasteiger partial charge in [0.05, 0.1) is 18.4 Å². The van der Waals surface area contributed by atoms with Gasteiger partial charge in [0.1, 0.15) is 0 Å². The van der Waals surface area contributed by atoms with Crippen molar-refractivity contribution in [1.82, 2.24) is 33.8 Å². The molecule has 0 bridgehead atoms. The highest BCUT2D eigenvalue weighted by Crippen LogP contribution is 2.30. The van der Waals surface area contributed by atoms with E-state index in [2.05, 4.69) is 59.9 Å². The third-order valence-corrected chi connectivity index (χ3v) is 7.38. The zero-order valence-corrected chi connectivity index (χ0v) is 19.5. The lowest BCUT2D eigenvalue weighted by Crippen LogP contribution is -2.32. The molecule has 2 unspecified atom stereocenters. The number of nitrogens with zero attached hydrogens (tertiary/aromatic N) is 7. The summed E-state index contributed by atoms with van der Waals surface area (Å²) >= 11 is 0. The molecular formula is C25H27N7S. The molecule has 1 fully saturated rings. The predicted octanol–water partition coefficient (Wildman–Crippen LogP) is 4.80. The van der Waals surface area contributed by atoms with Gasteiger partial charge in [-0.05, 0) is 29.9 Å². The van der Waals surface area contributed by atoms with Crippen LogP contribution in [0.15, 0.2) is 73.4 Å². The molecule has 3 aromatic heterocycles. The van der Waals surface area contributed by atoms with E-state index in [0.717, 1.165) is 53.7 Å². The van der Waals surface area contributed by atoms with Crippen molar-refractivity contribution in [2.75, 3.05) is 13.1 Å². The molecule has 7 nitrogen and oxygen atoms in total. The van der Waals surface area contributed by atoms with E-state index < -0.39 is 0 Å². The topological polar surface area (TPSA) is 64.7 Å². The zero-order chi connectivity index (χ0) is 22.8. The third-order valence-electron chi connectivity index (χ3n) is 6.00. The first-order valence-corrected chi connectivity index (χ1v) is 12.4. The lowest BCUT2D eigenvalue weighted by Gasteiger charge is -2.33. The van der Waals surface area contributed by atoms with Crippen molar-refractivity contribution in [3.8, 4) is 33.6 Å². The van der Waals surface area contributed by atoms with E-state index >= 15 is 0 Å². The first-order chi connectivity index (χ1) is 16.1. The van der Waals surface area contributed by atoms with Gasteiger partial charge < -0.3 is 0 Å². The van der Waals surface area contributed by atoms with Gasteiger partial charge in [-0.2, -0.15) is 10.2 Å². The standard InChI is InChI=1S/C25H27N7S/c1-4-33(3)31-10-6-9-24(18-31)32-17-23(15-29-32)21-12-26-25(27-13-21)20-8-5-7-19(11-20)22-14-28-30(2)16-22/h4-5,7-8,11-17,24H,1,3,6,9-10,18H2,2H3. The molecule has 0 saturated carbocycles. The van der Waals surface area contributed by atoms with E-state index in [1.54, 1.807) is 4.68 Å². The molecule has 1 aliphatic heterocycles. The van der Waals surface area contributed by atoms with Crippen LogP contribution in [0.25, 0.3) is 33.6 Å². The van der Waals surface area contributed by atoms with Crippen LogP contribution < -0.4 is 0 Å². The average molecular weight is 458 g/mol. The lowest BCUT2D eigenvalue weighted by molar-refractivity contribution is 0.270. The number of aromatic nitrogens is 6. The summed E-state index contributed by atoms with van der Waals surface area (Å²) in [5, 5.41) is 10.8. The van der Waals surface area contributed by atoms with E-state index in [4.69, 9.17) is 0 Å². The first-order valence-electron chi connectivity index (χ1n) is 11.0. The number of aryl methyl sites for hydroxylation is 1. The Labute approximate surface area is 196 Å². The molecule has 1 saturated heterocycles. The van der Waals surface area contributed by atoms with Crippen LogP contribution in [-0.2, 0) is 7.05 Å². The van der Waals surface area contributed by atoms with Crippen LogP contribution in [0.5, 0.6) is 0 Å². The molecule has 0 spiro atoms. The molecule has 2 atom stereocenters. The summed E-state index contributed by atoms with van der Waals surface area (Å²) < 4.78 is 6.27. The van der Waals surface area contributed by atoms with E-state index in [0.29, 0.717) is 11.9 Å². The van der Waals surface area contributed by atoms with Gasteiger partial charge in [0, 0.05) is 67.2 Å². The Morgan fingerprint density at radius 2 is 1.73 bits per heavy atom. The van der Waals surface area contributed by atoms with Crippen molar-refractivity contribution < 1.29 is 0 Å². The van der Waals surface area contributed by atoms with Crippen molar-refractivity contribution >= 4 is 16.5 Å². The van der Waals surface area contributed by atoms with Crippen LogP contribution in [0.1, 0.15) is 18.9 Å².